The van der Waals surface area contributed by atoms with Crippen molar-refractivity contribution in [2.75, 3.05) is 20.8 Å². The summed E-state index contributed by atoms with van der Waals surface area (Å²) in [5.74, 6) is 0.0193. The molecule has 0 radical (unpaired) electrons. The molecule has 0 aromatic heterocycles. The Bertz CT molecular complexity index is 877. The zero-order valence-electron chi connectivity index (χ0n) is 15.7. The number of methoxy groups -OCH3 is 2. The molecule has 1 aliphatic heterocycles. The number of rotatable bonds is 5. The Kier molecular flexibility index (Phi) is 5.35. The topological polar surface area (TPSA) is 76.1 Å². The third kappa shape index (κ3) is 3.60. The monoisotopic (exact) mass is 369 g/mol. The lowest BCUT2D eigenvalue weighted by Crippen LogP contribution is -2.41. The summed E-state index contributed by atoms with van der Waals surface area (Å²) in [6.07, 6.45) is 0.462. The van der Waals surface area contributed by atoms with Crippen molar-refractivity contribution in [3.8, 4) is 11.5 Å². The Morgan fingerprint density at radius 3 is 2.44 bits per heavy atom. The van der Waals surface area contributed by atoms with E-state index in [0.29, 0.717) is 30.0 Å². The van der Waals surface area contributed by atoms with Crippen LogP contribution in [0.4, 0.5) is 0 Å². The molecule has 6 nitrogen and oxygen atoms in total. The van der Waals surface area contributed by atoms with Gasteiger partial charge in [0.25, 0.3) is 5.91 Å². The highest BCUT2D eigenvalue weighted by molar-refractivity contribution is 5.96. The summed E-state index contributed by atoms with van der Waals surface area (Å²) in [6.45, 7) is 2.33. The van der Waals surface area contributed by atoms with E-state index in [0.717, 1.165) is 16.7 Å². The normalized spacial score (nSPS) is 15.8. The highest BCUT2D eigenvalue weighted by atomic mass is 16.5. The van der Waals surface area contributed by atoms with Crippen LogP contribution in [-0.2, 0) is 11.2 Å². The van der Waals surface area contributed by atoms with Crippen LogP contribution >= 0.6 is 0 Å². The first-order chi connectivity index (χ1) is 13.0. The molecule has 1 atom stereocenters. The van der Waals surface area contributed by atoms with Crippen molar-refractivity contribution in [1.29, 1.82) is 0 Å². The van der Waals surface area contributed by atoms with Crippen molar-refractivity contribution in [2.45, 2.75) is 25.8 Å². The number of hydrogen-bond acceptors (Lipinski definition) is 4. The first kappa shape index (κ1) is 18.8. The van der Waals surface area contributed by atoms with Crippen molar-refractivity contribution in [3.05, 3.63) is 58.7 Å². The molecule has 2 aromatic rings. The van der Waals surface area contributed by atoms with Crippen LogP contribution in [0.1, 0.15) is 39.5 Å². The maximum Gasteiger partial charge on any atom is 0.305 e. The molecule has 0 saturated heterocycles. The molecule has 1 heterocycles. The molecule has 0 aliphatic carbocycles. The number of carbonyl (C=O) groups excluding carboxylic acids is 1. The van der Waals surface area contributed by atoms with Gasteiger partial charge < -0.3 is 19.5 Å². The van der Waals surface area contributed by atoms with Crippen LogP contribution < -0.4 is 9.47 Å². The molecule has 1 N–H and O–H groups in total. The zero-order chi connectivity index (χ0) is 19.6. The summed E-state index contributed by atoms with van der Waals surface area (Å²) in [5.41, 5.74) is 3.24. The number of amides is 1. The fourth-order valence-electron chi connectivity index (χ4n) is 3.62. The van der Waals surface area contributed by atoms with E-state index >= 15 is 0 Å². The van der Waals surface area contributed by atoms with E-state index in [1.165, 1.54) is 7.11 Å². The van der Waals surface area contributed by atoms with Gasteiger partial charge in [0.15, 0.2) is 11.5 Å². The quantitative estimate of drug-likeness (QED) is 0.876. The van der Waals surface area contributed by atoms with Crippen LogP contribution in [0.3, 0.4) is 0 Å². The maximum absolute atomic E-state index is 13.2. The Hall–Kier alpha value is -3.02. The molecule has 0 spiro atoms. The van der Waals surface area contributed by atoms with Gasteiger partial charge in [-0.25, -0.2) is 0 Å². The number of aryl methyl sites for hydroxylation is 1. The van der Waals surface area contributed by atoms with Crippen LogP contribution in [0.15, 0.2) is 36.4 Å². The number of hydrogen-bond donors (Lipinski definition) is 1. The lowest BCUT2D eigenvalue weighted by molar-refractivity contribution is -0.138. The van der Waals surface area contributed by atoms with Crippen molar-refractivity contribution in [3.63, 3.8) is 0 Å². The summed E-state index contributed by atoms with van der Waals surface area (Å²) in [4.78, 5) is 26.4. The predicted octanol–water partition coefficient (Wildman–Crippen LogP) is 3.23. The average Bonchev–Trinajstić information content (AvgIpc) is 2.66. The molecular formula is C21H23NO5. The number of carboxylic acid groups (broad SMARTS) is 1. The fraction of sp³-hybridized carbons (Fsp3) is 0.333. The number of ether oxygens (including phenoxy) is 2. The van der Waals surface area contributed by atoms with E-state index in [4.69, 9.17) is 9.47 Å². The number of carboxylic acids is 1. The van der Waals surface area contributed by atoms with E-state index in [9.17, 15) is 14.7 Å². The van der Waals surface area contributed by atoms with Crippen molar-refractivity contribution in [1.82, 2.24) is 4.90 Å². The van der Waals surface area contributed by atoms with Crippen molar-refractivity contribution < 1.29 is 24.2 Å². The second kappa shape index (κ2) is 7.70. The SMILES string of the molecule is COc1cc2c(cc1OC)C(CC(=O)O)N(C(=O)c1ccccc1C)CC2. The standard InChI is InChI=1S/C21H23NO5/c1-13-6-4-5-7-15(13)21(25)22-9-8-14-10-18(26-2)19(27-3)11-16(14)17(22)12-20(23)24/h4-7,10-11,17H,8-9,12H2,1-3H3,(H,23,24). The van der Waals surface area contributed by atoms with Gasteiger partial charge in [0.1, 0.15) is 0 Å². The molecular weight excluding hydrogens is 346 g/mol. The highest BCUT2D eigenvalue weighted by Gasteiger charge is 2.34. The molecule has 0 bridgehead atoms. The summed E-state index contributed by atoms with van der Waals surface area (Å²) >= 11 is 0. The number of aliphatic carboxylic acids is 1. The molecule has 3 rings (SSSR count). The number of fused-ring (bicyclic) bond motifs is 1. The van der Waals surface area contributed by atoms with E-state index in [2.05, 4.69) is 0 Å². The highest BCUT2D eigenvalue weighted by Crippen LogP contribution is 2.40. The Balaban J connectivity index is 2.06. The van der Waals surface area contributed by atoms with Gasteiger partial charge in [-0.1, -0.05) is 18.2 Å². The Labute approximate surface area is 158 Å². The third-order valence-corrected chi connectivity index (χ3v) is 5.01. The van der Waals surface area contributed by atoms with E-state index in [1.807, 2.05) is 31.2 Å². The second-order valence-corrected chi connectivity index (χ2v) is 6.58. The van der Waals surface area contributed by atoms with Crippen LogP contribution in [0.25, 0.3) is 0 Å². The minimum Gasteiger partial charge on any atom is -0.493 e. The van der Waals surface area contributed by atoms with Gasteiger partial charge in [-0.05, 0) is 48.2 Å². The van der Waals surface area contributed by atoms with E-state index in [-0.39, 0.29) is 12.3 Å². The Morgan fingerprint density at radius 1 is 1.15 bits per heavy atom. The summed E-state index contributed by atoms with van der Waals surface area (Å²) in [5, 5.41) is 9.45. The first-order valence-electron chi connectivity index (χ1n) is 8.79. The van der Waals surface area contributed by atoms with Gasteiger partial charge in [-0.2, -0.15) is 0 Å². The summed E-state index contributed by atoms with van der Waals surface area (Å²) in [7, 11) is 3.10. The molecule has 1 aliphatic rings. The van der Waals surface area contributed by atoms with Gasteiger partial charge in [0.05, 0.1) is 26.7 Å². The van der Waals surface area contributed by atoms with Gasteiger partial charge >= 0.3 is 5.97 Å². The van der Waals surface area contributed by atoms with Gasteiger partial charge in [-0.15, -0.1) is 0 Å². The summed E-state index contributed by atoms with van der Waals surface area (Å²) < 4.78 is 10.7. The molecule has 2 aromatic carbocycles. The molecule has 0 fully saturated rings. The fourth-order valence-corrected chi connectivity index (χ4v) is 3.62. The van der Waals surface area contributed by atoms with E-state index in [1.54, 1.807) is 24.1 Å². The molecule has 0 saturated carbocycles. The minimum absolute atomic E-state index is 0.153. The van der Waals surface area contributed by atoms with Crippen LogP contribution in [0, 0.1) is 6.92 Å². The van der Waals surface area contributed by atoms with Crippen LogP contribution in [0.2, 0.25) is 0 Å². The predicted molar refractivity (Wildman–Crippen MR) is 100 cm³/mol. The lowest BCUT2D eigenvalue weighted by atomic mass is 9.89. The smallest absolute Gasteiger partial charge is 0.305 e. The zero-order valence-corrected chi connectivity index (χ0v) is 15.7. The lowest BCUT2D eigenvalue weighted by Gasteiger charge is -2.37. The maximum atomic E-state index is 13.2. The largest absolute Gasteiger partial charge is 0.493 e. The molecule has 1 amide bonds. The molecule has 1 unspecified atom stereocenters. The minimum atomic E-state index is -0.954. The number of benzene rings is 2. The first-order valence-corrected chi connectivity index (χ1v) is 8.79. The van der Waals surface area contributed by atoms with Gasteiger partial charge in [-0.3, -0.25) is 9.59 Å². The molecule has 142 valence electrons. The molecule has 27 heavy (non-hydrogen) atoms. The van der Waals surface area contributed by atoms with Crippen molar-refractivity contribution in [2.24, 2.45) is 0 Å². The average molecular weight is 369 g/mol. The van der Waals surface area contributed by atoms with Gasteiger partial charge in [0.2, 0.25) is 0 Å². The van der Waals surface area contributed by atoms with E-state index < -0.39 is 12.0 Å². The Morgan fingerprint density at radius 2 is 1.81 bits per heavy atom. The van der Waals surface area contributed by atoms with Crippen LogP contribution in [-0.4, -0.2) is 42.6 Å². The van der Waals surface area contributed by atoms with Gasteiger partial charge in [0, 0.05) is 12.1 Å². The summed E-state index contributed by atoms with van der Waals surface area (Å²) in [6, 6.07) is 10.5. The van der Waals surface area contributed by atoms with Crippen LogP contribution in [0.5, 0.6) is 11.5 Å². The number of carbonyl (C=O) groups is 2. The molecule has 6 heteroatoms. The third-order valence-electron chi connectivity index (χ3n) is 5.01. The second-order valence-electron chi connectivity index (χ2n) is 6.58. The van der Waals surface area contributed by atoms with Crippen molar-refractivity contribution >= 4 is 11.9 Å². The number of nitrogens with zero attached hydrogens (tertiary/aromatic N) is 1.